The summed E-state index contributed by atoms with van der Waals surface area (Å²) in [5.74, 6) is 0. The second-order valence-corrected chi connectivity index (χ2v) is 1.33. The predicted molar refractivity (Wildman–Crippen MR) is 24.8 cm³/mol. The van der Waals surface area contributed by atoms with Gasteiger partial charge in [0.1, 0.15) is 0 Å². The van der Waals surface area contributed by atoms with Gasteiger partial charge in [-0.2, -0.15) is 0 Å². The number of hydrogen-bond acceptors (Lipinski definition) is 2. The third-order valence-electron chi connectivity index (χ3n) is 0.457. The summed E-state index contributed by atoms with van der Waals surface area (Å²) < 4.78 is 4.57. The van der Waals surface area contributed by atoms with E-state index in [1.54, 1.807) is 12.1 Å². The highest BCUT2D eigenvalue weighted by atomic mass is 32.1. The summed E-state index contributed by atoms with van der Waals surface area (Å²) in [5, 5.41) is 0.606. The van der Waals surface area contributed by atoms with E-state index in [1.807, 2.05) is 0 Å². The molecule has 0 unspecified atom stereocenters. The highest BCUT2D eigenvalue weighted by molar-refractivity contribution is 7.80. The average molecular weight is 99.1 g/mol. The molecule has 0 aliphatic rings. The zero-order chi connectivity index (χ0) is 4.41. The van der Waals surface area contributed by atoms with Crippen LogP contribution in [0.1, 0.15) is 0 Å². The number of furan rings is 1. The van der Waals surface area contributed by atoms with Crippen LogP contribution in [0.15, 0.2) is 21.6 Å². The van der Waals surface area contributed by atoms with Crippen molar-refractivity contribution in [2.45, 2.75) is 5.09 Å². The maximum absolute atomic E-state index is 4.57. The van der Waals surface area contributed by atoms with Crippen LogP contribution >= 0.6 is 12.6 Å². The molecule has 1 aromatic rings. The Balaban J connectivity index is 3.05. The third-order valence-corrected chi connectivity index (χ3v) is 0.698. The molecule has 1 radical (unpaired) electrons. The van der Waals surface area contributed by atoms with Crippen LogP contribution in [-0.2, 0) is 0 Å². The first-order chi connectivity index (χ1) is 2.89. The van der Waals surface area contributed by atoms with E-state index < -0.39 is 0 Å². The van der Waals surface area contributed by atoms with Gasteiger partial charge in [-0.25, -0.2) is 0 Å². The Kier molecular flexibility index (Phi) is 0.881. The molecule has 0 atom stereocenters. The summed E-state index contributed by atoms with van der Waals surface area (Å²) in [6, 6.07) is 3.39. The second-order valence-electron chi connectivity index (χ2n) is 0.891. The van der Waals surface area contributed by atoms with Gasteiger partial charge in [0.05, 0.1) is 0 Å². The van der Waals surface area contributed by atoms with Crippen molar-refractivity contribution >= 4 is 12.6 Å². The molecule has 1 heterocycles. The van der Waals surface area contributed by atoms with Gasteiger partial charge < -0.3 is 4.42 Å². The number of hydrogen-bond donors (Lipinski definition) is 1. The molecule has 0 bridgehead atoms. The van der Waals surface area contributed by atoms with E-state index in [0.29, 0.717) is 5.09 Å². The van der Waals surface area contributed by atoms with Crippen molar-refractivity contribution in [1.29, 1.82) is 0 Å². The second kappa shape index (κ2) is 1.39. The molecule has 0 aromatic carbocycles. The lowest BCUT2D eigenvalue weighted by atomic mass is 10.7. The Hall–Kier alpha value is -0.370. The summed E-state index contributed by atoms with van der Waals surface area (Å²) in [6.07, 6.45) is 2.48. The van der Waals surface area contributed by atoms with Crippen LogP contribution in [-0.4, -0.2) is 0 Å². The molecule has 0 aliphatic heterocycles. The van der Waals surface area contributed by atoms with E-state index in [0.717, 1.165) is 0 Å². The monoisotopic (exact) mass is 99.0 g/mol. The fourth-order valence-electron chi connectivity index (χ4n) is 0.234. The molecule has 2 heteroatoms. The van der Waals surface area contributed by atoms with Crippen LogP contribution in [0.4, 0.5) is 0 Å². The fraction of sp³-hybridized carbons (Fsp3) is 0. The zero-order valence-corrected chi connectivity index (χ0v) is 3.90. The SMILES string of the molecule is Sc1cc[c]o1. The highest BCUT2D eigenvalue weighted by Crippen LogP contribution is 2.01. The van der Waals surface area contributed by atoms with Gasteiger partial charge in [0.2, 0.25) is 0 Å². The Labute approximate surface area is 41.4 Å². The first-order valence-electron chi connectivity index (χ1n) is 1.54. The quantitative estimate of drug-likeness (QED) is 0.485. The molecule has 0 amide bonds. The molecular formula is C4H3OS. The highest BCUT2D eigenvalue weighted by Gasteiger charge is 1.78. The summed E-state index contributed by atoms with van der Waals surface area (Å²) in [7, 11) is 0. The summed E-state index contributed by atoms with van der Waals surface area (Å²) >= 11 is 3.84. The van der Waals surface area contributed by atoms with E-state index in [4.69, 9.17) is 0 Å². The molecule has 31 valence electrons. The molecule has 6 heavy (non-hydrogen) atoms. The number of rotatable bonds is 0. The molecule has 0 saturated carbocycles. The Morgan fingerprint density at radius 3 is 2.83 bits per heavy atom. The molecule has 1 aromatic heterocycles. The summed E-state index contributed by atoms with van der Waals surface area (Å²) in [4.78, 5) is 0. The predicted octanol–water partition coefficient (Wildman–Crippen LogP) is 1.37. The summed E-state index contributed by atoms with van der Waals surface area (Å²) in [5.41, 5.74) is 0. The van der Waals surface area contributed by atoms with Crippen molar-refractivity contribution in [1.82, 2.24) is 0 Å². The van der Waals surface area contributed by atoms with E-state index in [1.165, 1.54) is 0 Å². The van der Waals surface area contributed by atoms with Crippen LogP contribution in [0.25, 0.3) is 0 Å². The van der Waals surface area contributed by atoms with Gasteiger partial charge in [-0.3, -0.25) is 0 Å². The van der Waals surface area contributed by atoms with Crippen molar-refractivity contribution in [2.24, 2.45) is 0 Å². The molecule has 1 nitrogen and oxygen atoms in total. The molecule has 0 aliphatic carbocycles. The molecule has 0 N–H and O–H groups in total. The standard InChI is InChI=1S/C4H3OS/c6-4-2-1-3-5-4/h1-2,6H. The lowest BCUT2D eigenvalue weighted by molar-refractivity contribution is 0.469. The van der Waals surface area contributed by atoms with E-state index in [-0.39, 0.29) is 0 Å². The van der Waals surface area contributed by atoms with E-state index in [9.17, 15) is 0 Å². The van der Waals surface area contributed by atoms with E-state index in [2.05, 4.69) is 23.3 Å². The zero-order valence-electron chi connectivity index (χ0n) is 3.01. The molecule has 0 spiro atoms. The largest absolute Gasteiger partial charge is 0.447 e. The normalized spacial score (nSPS) is 8.83. The van der Waals surface area contributed by atoms with Gasteiger partial charge in [0, 0.05) is 0 Å². The van der Waals surface area contributed by atoms with Crippen molar-refractivity contribution in [2.75, 3.05) is 0 Å². The minimum Gasteiger partial charge on any atom is -0.447 e. The molecule has 0 fully saturated rings. The maximum atomic E-state index is 4.57. The van der Waals surface area contributed by atoms with Crippen molar-refractivity contribution in [3.8, 4) is 0 Å². The topological polar surface area (TPSA) is 13.1 Å². The molecule has 1 rings (SSSR count). The lowest BCUT2D eigenvalue weighted by Gasteiger charge is -1.67. The van der Waals surface area contributed by atoms with Gasteiger partial charge in [0.25, 0.3) is 0 Å². The minimum atomic E-state index is 0.606. The number of thiol groups is 1. The summed E-state index contributed by atoms with van der Waals surface area (Å²) in [6.45, 7) is 0. The fourth-order valence-corrected chi connectivity index (χ4v) is 0.361. The van der Waals surface area contributed by atoms with Crippen molar-refractivity contribution in [3.63, 3.8) is 0 Å². The van der Waals surface area contributed by atoms with Gasteiger partial charge in [-0.05, 0) is 12.1 Å². The Bertz CT molecular complexity index is 111. The minimum absolute atomic E-state index is 0.606. The molecule has 0 saturated heterocycles. The smallest absolute Gasteiger partial charge is 0.170 e. The molecular weight excluding hydrogens is 96.1 g/mol. The van der Waals surface area contributed by atoms with Gasteiger partial charge in [-0.1, -0.05) is 0 Å². The average Bonchev–Trinajstić information content (AvgIpc) is 1.86. The van der Waals surface area contributed by atoms with Crippen molar-refractivity contribution < 1.29 is 4.42 Å². The van der Waals surface area contributed by atoms with Gasteiger partial charge in [-0.15, -0.1) is 12.6 Å². The van der Waals surface area contributed by atoms with Gasteiger partial charge >= 0.3 is 0 Å². The first-order valence-corrected chi connectivity index (χ1v) is 1.99. The van der Waals surface area contributed by atoms with E-state index >= 15 is 0 Å². The third kappa shape index (κ3) is 0.571. The van der Waals surface area contributed by atoms with Crippen LogP contribution in [0.2, 0.25) is 0 Å². The Morgan fingerprint density at radius 2 is 2.67 bits per heavy atom. The van der Waals surface area contributed by atoms with Crippen LogP contribution in [0.5, 0.6) is 0 Å². The van der Waals surface area contributed by atoms with Crippen molar-refractivity contribution in [3.05, 3.63) is 18.4 Å². The van der Waals surface area contributed by atoms with Crippen LogP contribution in [0, 0.1) is 6.26 Å². The maximum Gasteiger partial charge on any atom is 0.170 e. The Morgan fingerprint density at radius 1 is 1.83 bits per heavy atom. The van der Waals surface area contributed by atoms with Crippen LogP contribution in [0.3, 0.4) is 0 Å². The first kappa shape index (κ1) is 3.81. The van der Waals surface area contributed by atoms with Crippen LogP contribution < -0.4 is 0 Å². The lowest BCUT2D eigenvalue weighted by Crippen LogP contribution is -1.38. The van der Waals surface area contributed by atoms with Gasteiger partial charge in [0.15, 0.2) is 11.4 Å².